The molecule has 0 fully saturated rings. The van der Waals surface area contributed by atoms with Crippen molar-refractivity contribution in [1.29, 1.82) is 0 Å². The van der Waals surface area contributed by atoms with Crippen molar-refractivity contribution in [3.63, 3.8) is 0 Å². The standard InChI is InChI=1S/C20H22FNO6/c1-12(2)10-15(19(24)26-3)22-18(23)11-27-20(25)17-9-8-16(28-17)13-4-6-14(21)7-5-13/h4-9,12,15H,10-11H2,1-3H3,(H,22,23). The van der Waals surface area contributed by atoms with Gasteiger partial charge in [-0.3, -0.25) is 4.79 Å². The number of furan rings is 1. The Kier molecular flexibility index (Phi) is 7.31. The number of hydrogen-bond donors (Lipinski definition) is 1. The summed E-state index contributed by atoms with van der Waals surface area (Å²) in [5.41, 5.74) is 0.591. The Labute approximate surface area is 161 Å². The number of carbonyl (C=O) groups excluding carboxylic acids is 3. The summed E-state index contributed by atoms with van der Waals surface area (Å²) in [6.45, 7) is 3.23. The number of hydrogen-bond acceptors (Lipinski definition) is 6. The van der Waals surface area contributed by atoms with E-state index in [1.807, 2.05) is 13.8 Å². The summed E-state index contributed by atoms with van der Waals surface area (Å²) >= 11 is 0. The second-order valence-electron chi connectivity index (χ2n) is 6.52. The van der Waals surface area contributed by atoms with Crippen molar-refractivity contribution in [3.8, 4) is 11.3 Å². The largest absolute Gasteiger partial charge is 0.467 e. The van der Waals surface area contributed by atoms with Gasteiger partial charge < -0.3 is 19.2 Å². The summed E-state index contributed by atoms with van der Waals surface area (Å²) in [6, 6.07) is 7.69. The van der Waals surface area contributed by atoms with Gasteiger partial charge in [-0.05, 0) is 48.7 Å². The topological polar surface area (TPSA) is 94.8 Å². The highest BCUT2D eigenvalue weighted by atomic mass is 19.1. The average molecular weight is 391 g/mol. The van der Waals surface area contributed by atoms with E-state index in [2.05, 4.69) is 10.1 Å². The van der Waals surface area contributed by atoms with Gasteiger partial charge in [-0.2, -0.15) is 0 Å². The summed E-state index contributed by atoms with van der Waals surface area (Å²) in [7, 11) is 1.23. The second kappa shape index (κ2) is 9.68. The summed E-state index contributed by atoms with van der Waals surface area (Å²) in [5, 5.41) is 2.49. The first-order valence-corrected chi connectivity index (χ1v) is 8.70. The number of rotatable bonds is 8. The number of benzene rings is 1. The van der Waals surface area contributed by atoms with Crippen LogP contribution in [0.3, 0.4) is 0 Å². The zero-order valence-corrected chi connectivity index (χ0v) is 15.9. The van der Waals surface area contributed by atoms with Crippen molar-refractivity contribution in [3.05, 3.63) is 48.0 Å². The van der Waals surface area contributed by atoms with Gasteiger partial charge in [0.05, 0.1) is 7.11 Å². The third kappa shape index (κ3) is 5.94. The highest BCUT2D eigenvalue weighted by molar-refractivity contribution is 5.90. The first-order valence-electron chi connectivity index (χ1n) is 8.70. The Hall–Kier alpha value is -3.16. The molecule has 0 saturated heterocycles. The molecule has 150 valence electrons. The quantitative estimate of drug-likeness (QED) is 0.695. The van der Waals surface area contributed by atoms with Crippen molar-refractivity contribution in [2.45, 2.75) is 26.3 Å². The minimum Gasteiger partial charge on any atom is -0.467 e. The maximum absolute atomic E-state index is 13.0. The van der Waals surface area contributed by atoms with E-state index in [-0.39, 0.29) is 17.5 Å². The molecule has 1 aromatic heterocycles. The molecule has 0 aliphatic carbocycles. The van der Waals surface area contributed by atoms with Crippen LogP contribution in [0, 0.1) is 11.7 Å². The summed E-state index contributed by atoms with van der Waals surface area (Å²) in [6.07, 6.45) is 0.394. The maximum atomic E-state index is 13.0. The summed E-state index contributed by atoms with van der Waals surface area (Å²) in [4.78, 5) is 35.8. The Morgan fingerprint density at radius 2 is 1.79 bits per heavy atom. The molecule has 0 aliphatic rings. The second-order valence-corrected chi connectivity index (χ2v) is 6.52. The van der Waals surface area contributed by atoms with Crippen molar-refractivity contribution in [1.82, 2.24) is 5.32 Å². The molecule has 2 aromatic rings. The zero-order valence-electron chi connectivity index (χ0n) is 15.9. The van der Waals surface area contributed by atoms with Gasteiger partial charge in [-0.25, -0.2) is 14.0 Å². The number of nitrogens with one attached hydrogen (secondary N) is 1. The lowest BCUT2D eigenvalue weighted by atomic mass is 10.0. The van der Waals surface area contributed by atoms with Crippen LogP contribution >= 0.6 is 0 Å². The molecule has 1 N–H and O–H groups in total. The lowest BCUT2D eigenvalue weighted by Gasteiger charge is -2.18. The van der Waals surface area contributed by atoms with Gasteiger partial charge in [-0.15, -0.1) is 0 Å². The number of carbonyl (C=O) groups is 3. The molecule has 1 aromatic carbocycles. The molecule has 0 aliphatic heterocycles. The van der Waals surface area contributed by atoms with Gasteiger partial charge >= 0.3 is 11.9 Å². The Balaban J connectivity index is 1.91. The molecule has 0 radical (unpaired) electrons. The van der Waals surface area contributed by atoms with Gasteiger partial charge in [0.15, 0.2) is 6.61 Å². The minimum absolute atomic E-state index is 0.0983. The van der Waals surface area contributed by atoms with Crippen molar-refractivity contribution < 1.29 is 32.7 Å². The fourth-order valence-corrected chi connectivity index (χ4v) is 2.48. The third-order valence-corrected chi connectivity index (χ3v) is 3.80. The van der Waals surface area contributed by atoms with Crippen LogP contribution in [0.15, 0.2) is 40.8 Å². The molecular formula is C20H22FNO6. The molecule has 7 nitrogen and oxygen atoms in total. The van der Waals surface area contributed by atoms with Crippen molar-refractivity contribution >= 4 is 17.8 Å². The van der Waals surface area contributed by atoms with Crippen LogP contribution in [0.4, 0.5) is 4.39 Å². The van der Waals surface area contributed by atoms with Gasteiger partial charge in [-0.1, -0.05) is 13.8 Å². The van der Waals surface area contributed by atoms with E-state index < -0.39 is 30.5 Å². The van der Waals surface area contributed by atoms with E-state index in [1.165, 1.54) is 37.4 Å². The Morgan fingerprint density at radius 3 is 2.39 bits per heavy atom. The Bertz CT molecular complexity index is 827. The van der Waals surface area contributed by atoms with Crippen LogP contribution in [-0.2, 0) is 19.1 Å². The number of esters is 2. The first-order chi connectivity index (χ1) is 13.3. The molecule has 2 rings (SSSR count). The van der Waals surface area contributed by atoms with Gasteiger partial charge in [0.1, 0.15) is 17.6 Å². The highest BCUT2D eigenvalue weighted by Gasteiger charge is 2.23. The lowest BCUT2D eigenvalue weighted by molar-refractivity contribution is -0.145. The minimum atomic E-state index is -0.831. The smallest absolute Gasteiger partial charge is 0.374 e. The summed E-state index contributed by atoms with van der Waals surface area (Å²) < 4.78 is 27.9. The fourth-order valence-electron chi connectivity index (χ4n) is 2.48. The molecule has 0 saturated carbocycles. The Morgan fingerprint density at radius 1 is 1.11 bits per heavy atom. The van der Waals surface area contributed by atoms with Crippen molar-refractivity contribution in [2.24, 2.45) is 5.92 Å². The van der Waals surface area contributed by atoms with E-state index in [4.69, 9.17) is 9.15 Å². The lowest BCUT2D eigenvalue weighted by Crippen LogP contribution is -2.44. The summed E-state index contributed by atoms with van der Waals surface area (Å²) in [5.74, 6) is -2.00. The van der Waals surface area contributed by atoms with E-state index in [9.17, 15) is 18.8 Å². The SMILES string of the molecule is COC(=O)C(CC(C)C)NC(=O)COC(=O)c1ccc(-c2ccc(F)cc2)o1. The molecule has 0 bridgehead atoms. The number of amides is 1. The maximum Gasteiger partial charge on any atom is 0.374 e. The molecule has 0 spiro atoms. The van der Waals surface area contributed by atoms with Crippen LogP contribution in [0.25, 0.3) is 11.3 Å². The molecular weight excluding hydrogens is 369 g/mol. The molecule has 1 atom stereocenters. The zero-order chi connectivity index (χ0) is 20.7. The molecule has 1 heterocycles. The predicted molar refractivity (Wildman–Crippen MR) is 97.8 cm³/mol. The molecule has 28 heavy (non-hydrogen) atoms. The first kappa shape index (κ1) is 21.1. The highest BCUT2D eigenvalue weighted by Crippen LogP contribution is 2.22. The third-order valence-electron chi connectivity index (χ3n) is 3.80. The monoisotopic (exact) mass is 391 g/mol. The molecule has 8 heteroatoms. The average Bonchev–Trinajstić information content (AvgIpc) is 3.15. The van der Waals surface area contributed by atoms with Crippen LogP contribution in [0.2, 0.25) is 0 Å². The normalized spacial score (nSPS) is 11.8. The van der Waals surface area contributed by atoms with E-state index in [0.29, 0.717) is 17.7 Å². The van der Waals surface area contributed by atoms with E-state index in [1.54, 1.807) is 6.07 Å². The van der Waals surface area contributed by atoms with Gasteiger partial charge in [0, 0.05) is 5.56 Å². The van der Waals surface area contributed by atoms with E-state index >= 15 is 0 Å². The van der Waals surface area contributed by atoms with Gasteiger partial charge in [0.2, 0.25) is 5.76 Å². The van der Waals surface area contributed by atoms with E-state index in [0.717, 1.165) is 0 Å². The molecule has 1 amide bonds. The van der Waals surface area contributed by atoms with Crippen LogP contribution in [0.5, 0.6) is 0 Å². The number of halogens is 1. The number of methoxy groups -OCH3 is 1. The van der Waals surface area contributed by atoms with Crippen LogP contribution < -0.4 is 5.32 Å². The fraction of sp³-hybridized carbons (Fsp3) is 0.350. The van der Waals surface area contributed by atoms with Crippen LogP contribution in [0.1, 0.15) is 30.8 Å². The predicted octanol–water partition coefficient (Wildman–Crippen LogP) is 2.95. The number of ether oxygens (including phenoxy) is 2. The van der Waals surface area contributed by atoms with Gasteiger partial charge in [0.25, 0.3) is 5.91 Å². The van der Waals surface area contributed by atoms with Crippen molar-refractivity contribution in [2.75, 3.05) is 13.7 Å². The molecule has 1 unspecified atom stereocenters. The van der Waals surface area contributed by atoms with Crippen LogP contribution in [-0.4, -0.2) is 37.6 Å².